The summed E-state index contributed by atoms with van der Waals surface area (Å²) in [6, 6.07) is 5.44. The van der Waals surface area contributed by atoms with Crippen LogP contribution in [-0.4, -0.2) is 31.5 Å². The Hall–Kier alpha value is -0.320. The molecule has 0 amide bonds. The third-order valence-corrected chi connectivity index (χ3v) is 3.01. The summed E-state index contributed by atoms with van der Waals surface area (Å²) in [5.74, 6) is 0. The summed E-state index contributed by atoms with van der Waals surface area (Å²) >= 11 is 11.9. The first-order valence-electron chi connectivity index (χ1n) is 5.40. The number of methoxy groups -OCH3 is 1. The molecule has 0 radical (unpaired) electrons. The minimum absolute atomic E-state index is 0.0475. The number of benzene rings is 1. The highest BCUT2D eigenvalue weighted by atomic mass is 35.5. The van der Waals surface area contributed by atoms with Gasteiger partial charge in [0, 0.05) is 29.7 Å². The molecule has 2 atom stereocenters. The number of nitrogens with one attached hydrogen (secondary N) is 1. The average Bonchev–Trinajstić information content (AvgIpc) is 2.26. The van der Waals surface area contributed by atoms with Crippen molar-refractivity contribution in [3.63, 3.8) is 0 Å². The fourth-order valence-electron chi connectivity index (χ4n) is 1.53. The molecule has 0 aliphatic carbocycles. The van der Waals surface area contributed by atoms with E-state index in [9.17, 15) is 5.11 Å². The zero-order valence-electron chi connectivity index (χ0n) is 9.91. The first-order chi connectivity index (χ1) is 8.04. The predicted octanol–water partition coefficient (Wildman–Crippen LogP) is 2.65. The molecule has 0 aliphatic rings. The number of hydrogen-bond acceptors (Lipinski definition) is 3. The van der Waals surface area contributed by atoms with Crippen LogP contribution in [0.5, 0.6) is 0 Å². The van der Waals surface area contributed by atoms with Gasteiger partial charge in [0.2, 0.25) is 0 Å². The average molecular weight is 278 g/mol. The Kier molecular flexibility index (Phi) is 6.23. The molecule has 1 aromatic carbocycles. The molecule has 0 saturated heterocycles. The first-order valence-corrected chi connectivity index (χ1v) is 6.15. The van der Waals surface area contributed by atoms with E-state index in [-0.39, 0.29) is 6.04 Å². The van der Waals surface area contributed by atoms with Gasteiger partial charge in [-0.1, -0.05) is 29.3 Å². The second-order valence-electron chi connectivity index (χ2n) is 3.90. The van der Waals surface area contributed by atoms with Crippen LogP contribution in [0.4, 0.5) is 0 Å². The molecule has 0 spiro atoms. The van der Waals surface area contributed by atoms with Gasteiger partial charge in [-0.05, 0) is 24.6 Å². The number of halogens is 2. The molecule has 96 valence electrons. The molecule has 3 nitrogen and oxygen atoms in total. The van der Waals surface area contributed by atoms with Crippen LogP contribution in [0.3, 0.4) is 0 Å². The van der Waals surface area contributed by atoms with Crippen molar-refractivity contribution < 1.29 is 9.84 Å². The second-order valence-corrected chi connectivity index (χ2v) is 4.75. The molecular formula is C12H17Cl2NO2. The number of rotatable bonds is 6. The quantitative estimate of drug-likeness (QED) is 0.840. The summed E-state index contributed by atoms with van der Waals surface area (Å²) in [6.45, 7) is 2.75. The van der Waals surface area contributed by atoms with Crippen LogP contribution >= 0.6 is 23.2 Å². The maximum Gasteiger partial charge on any atom is 0.0897 e. The lowest BCUT2D eigenvalue weighted by Crippen LogP contribution is -2.31. The van der Waals surface area contributed by atoms with Gasteiger partial charge in [-0.25, -0.2) is 0 Å². The van der Waals surface area contributed by atoms with Crippen LogP contribution in [0.2, 0.25) is 10.0 Å². The van der Waals surface area contributed by atoms with E-state index in [0.29, 0.717) is 23.2 Å². The molecule has 0 aromatic heterocycles. The van der Waals surface area contributed by atoms with Crippen molar-refractivity contribution in [1.82, 2.24) is 5.32 Å². The van der Waals surface area contributed by atoms with Crippen molar-refractivity contribution in [2.45, 2.75) is 19.1 Å². The maximum atomic E-state index is 9.52. The fraction of sp³-hybridized carbons (Fsp3) is 0.500. The van der Waals surface area contributed by atoms with Gasteiger partial charge in [0.1, 0.15) is 0 Å². The van der Waals surface area contributed by atoms with E-state index in [2.05, 4.69) is 5.32 Å². The molecule has 17 heavy (non-hydrogen) atoms. The normalized spacial score (nSPS) is 14.6. The van der Waals surface area contributed by atoms with E-state index in [1.165, 1.54) is 0 Å². The zero-order valence-corrected chi connectivity index (χ0v) is 11.4. The molecule has 0 heterocycles. The van der Waals surface area contributed by atoms with Crippen molar-refractivity contribution in [3.8, 4) is 0 Å². The van der Waals surface area contributed by atoms with Crippen LogP contribution in [0.15, 0.2) is 18.2 Å². The molecule has 2 unspecified atom stereocenters. The van der Waals surface area contributed by atoms with Crippen LogP contribution < -0.4 is 5.32 Å². The molecule has 0 fully saturated rings. The number of aliphatic hydroxyl groups excluding tert-OH is 1. The summed E-state index contributed by atoms with van der Waals surface area (Å²) in [4.78, 5) is 0. The van der Waals surface area contributed by atoms with Crippen LogP contribution in [0.1, 0.15) is 18.5 Å². The van der Waals surface area contributed by atoms with E-state index in [1.807, 2.05) is 13.0 Å². The van der Waals surface area contributed by atoms with Gasteiger partial charge in [-0.3, -0.25) is 0 Å². The first kappa shape index (κ1) is 14.7. The lowest BCUT2D eigenvalue weighted by atomic mass is 10.1. The Balaban J connectivity index is 2.54. The number of aliphatic hydroxyl groups is 1. The van der Waals surface area contributed by atoms with Gasteiger partial charge in [0.25, 0.3) is 0 Å². The van der Waals surface area contributed by atoms with Crippen LogP contribution in [0.25, 0.3) is 0 Å². The third-order valence-electron chi connectivity index (χ3n) is 2.45. The fourth-order valence-corrected chi connectivity index (χ4v) is 2.10. The standard InChI is InChI=1S/C12H17Cl2NO2/c1-8(15-6-10(16)7-17-2)11-4-3-9(13)5-12(11)14/h3-5,8,10,15-16H,6-7H2,1-2H3. The Morgan fingerprint density at radius 1 is 1.41 bits per heavy atom. The van der Waals surface area contributed by atoms with Gasteiger partial charge >= 0.3 is 0 Å². The topological polar surface area (TPSA) is 41.5 Å². The SMILES string of the molecule is COCC(O)CNC(C)c1ccc(Cl)cc1Cl. The Bertz CT molecular complexity index is 360. The lowest BCUT2D eigenvalue weighted by molar-refractivity contribution is 0.0630. The Labute approximate surface area is 112 Å². The lowest BCUT2D eigenvalue weighted by Gasteiger charge is -2.18. The summed E-state index contributed by atoms with van der Waals surface area (Å²) in [5.41, 5.74) is 0.959. The van der Waals surface area contributed by atoms with E-state index in [0.717, 1.165) is 5.56 Å². The van der Waals surface area contributed by atoms with Crippen molar-refractivity contribution in [2.24, 2.45) is 0 Å². The molecule has 0 bridgehead atoms. The highest BCUT2D eigenvalue weighted by molar-refractivity contribution is 6.35. The highest BCUT2D eigenvalue weighted by Gasteiger charge is 2.11. The molecule has 1 aromatic rings. The smallest absolute Gasteiger partial charge is 0.0897 e. The Morgan fingerprint density at radius 2 is 2.12 bits per heavy atom. The van der Waals surface area contributed by atoms with E-state index >= 15 is 0 Å². The van der Waals surface area contributed by atoms with Crippen molar-refractivity contribution in [2.75, 3.05) is 20.3 Å². The molecular weight excluding hydrogens is 261 g/mol. The summed E-state index contributed by atoms with van der Waals surface area (Å²) in [7, 11) is 1.56. The Morgan fingerprint density at radius 3 is 2.71 bits per heavy atom. The van der Waals surface area contributed by atoms with Gasteiger partial charge in [-0.2, -0.15) is 0 Å². The summed E-state index contributed by atoms with van der Waals surface area (Å²) in [5, 5.41) is 13.9. The van der Waals surface area contributed by atoms with Gasteiger partial charge in [0.05, 0.1) is 12.7 Å². The predicted molar refractivity (Wildman–Crippen MR) is 70.8 cm³/mol. The van der Waals surface area contributed by atoms with Crippen molar-refractivity contribution in [1.29, 1.82) is 0 Å². The minimum Gasteiger partial charge on any atom is -0.389 e. The van der Waals surface area contributed by atoms with Crippen molar-refractivity contribution >= 4 is 23.2 Å². The van der Waals surface area contributed by atoms with Gasteiger partial charge < -0.3 is 15.2 Å². The van der Waals surface area contributed by atoms with Crippen LogP contribution in [0, 0.1) is 0 Å². The maximum absolute atomic E-state index is 9.52. The van der Waals surface area contributed by atoms with Crippen molar-refractivity contribution in [3.05, 3.63) is 33.8 Å². The van der Waals surface area contributed by atoms with Crippen LogP contribution in [-0.2, 0) is 4.74 Å². The minimum atomic E-state index is -0.520. The van der Waals surface area contributed by atoms with E-state index < -0.39 is 6.10 Å². The number of ether oxygens (including phenoxy) is 1. The van der Waals surface area contributed by atoms with E-state index in [4.69, 9.17) is 27.9 Å². The highest BCUT2D eigenvalue weighted by Crippen LogP contribution is 2.25. The zero-order chi connectivity index (χ0) is 12.8. The largest absolute Gasteiger partial charge is 0.389 e. The molecule has 2 N–H and O–H groups in total. The molecule has 0 saturated carbocycles. The second kappa shape index (κ2) is 7.19. The molecule has 0 aliphatic heterocycles. The molecule has 1 rings (SSSR count). The van der Waals surface area contributed by atoms with Gasteiger partial charge in [-0.15, -0.1) is 0 Å². The third kappa shape index (κ3) is 4.82. The monoisotopic (exact) mass is 277 g/mol. The van der Waals surface area contributed by atoms with Gasteiger partial charge in [0.15, 0.2) is 0 Å². The van der Waals surface area contributed by atoms with E-state index in [1.54, 1.807) is 19.2 Å². The number of hydrogen-bond donors (Lipinski definition) is 2. The summed E-state index contributed by atoms with van der Waals surface area (Å²) < 4.78 is 4.85. The molecule has 5 heteroatoms. The summed E-state index contributed by atoms with van der Waals surface area (Å²) in [6.07, 6.45) is -0.520.